The van der Waals surface area contributed by atoms with Gasteiger partial charge in [-0.3, -0.25) is 14.5 Å². The number of hydrogen-bond donors (Lipinski definition) is 3. The highest BCUT2D eigenvalue weighted by molar-refractivity contribution is 9.10. The van der Waals surface area contributed by atoms with E-state index in [1.54, 1.807) is 35.2 Å². The second kappa shape index (κ2) is 10.7. The summed E-state index contributed by atoms with van der Waals surface area (Å²) in [6, 6.07) is 14.1. The maximum atomic E-state index is 15.8. The SMILES string of the molecule is N[C@]1(C(=O)Nc2cccc(Cl)c2)[C@@H](c2cccc(Br)c2F)[C@@H]2C(=O)N(c3ccc(C(=O)O)c(F)c3)CC2N1CC1CC1. The van der Waals surface area contributed by atoms with E-state index >= 15 is 4.39 Å². The van der Waals surface area contributed by atoms with E-state index in [0.717, 1.165) is 25.0 Å². The third-order valence-electron chi connectivity index (χ3n) is 8.45. The van der Waals surface area contributed by atoms with Crippen molar-refractivity contribution in [3.05, 3.63) is 92.9 Å². The van der Waals surface area contributed by atoms with Crippen molar-refractivity contribution < 1.29 is 28.3 Å². The number of halogens is 4. The molecule has 2 amide bonds. The predicted molar refractivity (Wildman–Crippen MR) is 156 cm³/mol. The minimum atomic E-state index is -1.83. The van der Waals surface area contributed by atoms with Crippen molar-refractivity contribution in [2.45, 2.75) is 30.5 Å². The summed E-state index contributed by atoms with van der Waals surface area (Å²) in [5.74, 6) is -5.94. The number of carbonyl (C=O) groups is 3. The summed E-state index contributed by atoms with van der Waals surface area (Å²) in [5, 5.41) is 12.5. The summed E-state index contributed by atoms with van der Waals surface area (Å²) >= 11 is 9.37. The average molecular weight is 660 g/mol. The molecule has 3 aromatic rings. The predicted octanol–water partition coefficient (Wildman–Crippen LogP) is 5.21. The summed E-state index contributed by atoms with van der Waals surface area (Å²) < 4.78 is 30.6. The van der Waals surface area contributed by atoms with Crippen molar-refractivity contribution in [2.75, 3.05) is 23.3 Å². The third kappa shape index (κ3) is 4.78. The van der Waals surface area contributed by atoms with Crippen molar-refractivity contribution in [1.29, 1.82) is 0 Å². The Morgan fingerprint density at radius 2 is 1.86 bits per heavy atom. The summed E-state index contributed by atoms with van der Waals surface area (Å²) in [5.41, 5.74) is 5.44. The first kappa shape index (κ1) is 28.7. The summed E-state index contributed by atoms with van der Waals surface area (Å²) in [6.07, 6.45) is 1.85. The van der Waals surface area contributed by atoms with Crippen LogP contribution in [0.3, 0.4) is 0 Å². The molecule has 6 rings (SSSR count). The van der Waals surface area contributed by atoms with Gasteiger partial charge in [0.2, 0.25) is 5.91 Å². The fraction of sp³-hybridized carbons (Fsp3) is 0.300. The lowest BCUT2D eigenvalue weighted by atomic mass is 9.78. The highest BCUT2D eigenvalue weighted by atomic mass is 79.9. The first-order valence-electron chi connectivity index (χ1n) is 13.4. The van der Waals surface area contributed by atoms with Crippen LogP contribution in [0.25, 0.3) is 0 Å². The Hall–Kier alpha value is -3.38. The number of anilines is 2. The number of nitrogens with zero attached hydrogens (tertiary/aromatic N) is 2. The first-order valence-corrected chi connectivity index (χ1v) is 14.6. The second-order valence-corrected chi connectivity index (χ2v) is 12.3. The smallest absolute Gasteiger partial charge is 0.338 e. The van der Waals surface area contributed by atoms with Crippen molar-refractivity contribution in [3.63, 3.8) is 0 Å². The number of amides is 2. The molecular formula is C30H26BrClF2N4O4. The molecule has 4 atom stereocenters. The van der Waals surface area contributed by atoms with Gasteiger partial charge in [-0.25, -0.2) is 13.6 Å². The normalized spacial score (nSPS) is 25.5. The molecule has 42 heavy (non-hydrogen) atoms. The van der Waals surface area contributed by atoms with Crippen LogP contribution in [-0.4, -0.2) is 52.6 Å². The summed E-state index contributed by atoms with van der Waals surface area (Å²) in [7, 11) is 0. The molecule has 1 unspecified atom stereocenters. The number of likely N-dealkylation sites (tertiary alicyclic amines) is 1. The Kier molecular flexibility index (Phi) is 7.33. The zero-order chi connectivity index (χ0) is 29.9. The molecule has 8 nitrogen and oxygen atoms in total. The Balaban J connectivity index is 1.47. The standard InChI is InChI=1S/C30H26BrClF2N4O4/c31-21-6-2-5-20(26(21)34)25-24-23(14-37(27(24)39)18-9-10-19(28(40)41)22(33)12-18)38(13-15-7-8-15)30(25,35)29(42)36-17-4-1-3-16(32)11-17/h1-6,9-12,15,23-25H,7-8,13-14,35H2,(H,36,42)(H,40,41)/t23?,24-,25+,30-/m1/s1. The lowest BCUT2D eigenvalue weighted by Crippen LogP contribution is -2.65. The lowest BCUT2D eigenvalue weighted by Gasteiger charge is -2.41. The molecule has 3 fully saturated rings. The number of benzene rings is 3. The summed E-state index contributed by atoms with van der Waals surface area (Å²) in [6.45, 7) is 0.456. The van der Waals surface area contributed by atoms with Gasteiger partial charge >= 0.3 is 5.97 Å². The first-order chi connectivity index (χ1) is 20.0. The number of hydrogen-bond acceptors (Lipinski definition) is 5. The van der Waals surface area contributed by atoms with Gasteiger partial charge in [-0.2, -0.15) is 0 Å². The van der Waals surface area contributed by atoms with E-state index in [4.69, 9.17) is 17.3 Å². The third-order valence-corrected chi connectivity index (χ3v) is 9.30. The molecule has 1 saturated carbocycles. The minimum absolute atomic E-state index is 0.0532. The van der Waals surface area contributed by atoms with Crippen LogP contribution in [0.1, 0.15) is 34.7 Å². The van der Waals surface area contributed by atoms with E-state index in [1.165, 1.54) is 23.1 Å². The molecule has 1 aliphatic carbocycles. The van der Waals surface area contributed by atoms with Crippen molar-refractivity contribution in [3.8, 4) is 0 Å². The summed E-state index contributed by atoms with van der Waals surface area (Å²) in [4.78, 5) is 42.9. The van der Waals surface area contributed by atoms with Gasteiger partial charge in [0.25, 0.3) is 5.91 Å². The highest BCUT2D eigenvalue weighted by Gasteiger charge is 2.67. The van der Waals surface area contributed by atoms with E-state index < -0.39 is 58.5 Å². The van der Waals surface area contributed by atoms with Crippen LogP contribution < -0.4 is 16.0 Å². The van der Waals surface area contributed by atoms with Crippen LogP contribution in [0.4, 0.5) is 20.2 Å². The number of rotatable bonds is 7. The second-order valence-electron chi connectivity index (χ2n) is 11.0. The van der Waals surface area contributed by atoms with Crippen LogP contribution in [0.2, 0.25) is 5.02 Å². The van der Waals surface area contributed by atoms with Gasteiger partial charge in [-0.1, -0.05) is 29.8 Å². The number of carboxylic acid groups (broad SMARTS) is 1. The van der Waals surface area contributed by atoms with E-state index in [9.17, 15) is 23.9 Å². The van der Waals surface area contributed by atoms with E-state index in [2.05, 4.69) is 21.2 Å². The fourth-order valence-electron chi connectivity index (χ4n) is 6.32. The molecule has 3 aliphatic rings. The van der Waals surface area contributed by atoms with E-state index in [-0.39, 0.29) is 28.2 Å². The topological polar surface area (TPSA) is 116 Å². The monoisotopic (exact) mass is 658 g/mol. The van der Waals surface area contributed by atoms with Gasteiger partial charge in [0.05, 0.1) is 16.0 Å². The molecule has 0 spiro atoms. The van der Waals surface area contributed by atoms with Crippen LogP contribution in [0, 0.1) is 23.5 Å². The Labute approximate surface area is 253 Å². The zero-order valence-electron chi connectivity index (χ0n) is 22.1. The van der Waals surface area contributed by atoms with Crippen LogP contribution in [0.15, 0.2) is 65.1 Å². The molecule has 0 radical (unpaired) electrons. The zero-order valence-corrected chi connectivity index (χ0v) is 24.4. The van der Waals surface area contributed by atoms with Crippen LogP contribution in [-0.2, 0) is 9.59 Å². The molecule has 218 valence electrons. The lowest BCUT2D eigenvalue weighted by molar-refractivity contribution is -0.128. The Morgan fingerprint density at radius 1 is 1.12 bits per heavy atom. The minimum Gasteiger partial charge on any atom is -0.478 e. The largest absolute Gasteiger partial charge is 0.478 e. The van der Waals surface area contributed by atoms with Gasteiger partial charge < -0.3 is 21.1 Å². The van der Waals surface area contributed by atoms with Gasteiger partial charge in [-0.05, 0) is 82.7 Å². The van der Waals surface area contributed by atoms with Crippen molar-refractivity contribution >= 4 is 56.7 Å². The molecule has 4 N–H and O–H groups in total. The fourth-order valence-corrected chi connectivity index (χ4v) is 6.89. The molecule has 0 bridgehead atoms. The van der Waals surface area contributed by atoms with E-state index in [0.29, 0.717) is 17.3 Å². The number of aromatic carboxylic acids is 1. The maximum Gasteiger partial charge on any atom is 0.338 e. The number of carboxylic acids is 1. The Bertz CT molecular complexity index is 1620. The number of carbonyl (C=O) groups excluding carboxylic acids is 2. The number of fused-ring (bicyclic) bond motifs is 1. The molecule has 3 aromatic carbocycles. The maximum absolute atomic E-state index is 15.8. The molecule has 2 saturated heterocycles. The molecule has 2 heterocycles. The highest BCUT2D eigenvalue weighted by Crippen LogP contribution is 2.53. The van der Waals surface area contributed by atoms with Crippen LogP contribution in [0.5, 0.6) is 0 Å². The molecular weight excluding hydrogens is 634 g/mol. The van der Waals surface area contributed by atoms with Gasteiger partial charge in [0.15, 0.2) is 5.66 Å². The Morgan fingerprint density at radius 3 is 2.52 bits per heavy atom. The van der Waals surface area contributed by atoms with Crippen LogP contribution >= 0.6 is 27.5 Å². The molecule has 2 aliphatic heterocycles. The van der Waals surface area contributed by atoms with Crippen molar-refractivity contribution in [2.24, 2.45) is 17.6 Å². The molecule has 0 aromatic heterocycles. The van der Waals surface area contributed by atoms with Gasteiger partial charge in [0.1, 0.15) is 11.6 Å². The number of nitrogens with two attached hydrogens (primary N) is 1. The molecule has 12 heteroatoms. The average Bonchev–Trinajstić information content (AvgIpc) is 3.66. The van der Waals surface area contributed by atoms with Gasteiger partial charge in [0, 0.05) is 41.4 Å². The quantitative estimate of drug-likeness (QED) is 0.321. The van der Waals surface area contributed by atoms with E-state index in [1.807, 2.05) is 0 Å². The van der Waals surface area contributed by atoms with Crippen molar-refractivity contribution in [1.82, 2.24) is 4.90 Å². The number of nitrogens with one attached hydrogen (secondary N) is 1. The van der Waals surface area contributed by atoms with Gasteiger partial charge in [-0.15, -0.1) is 0 Å².